The van der Waals surface area contributed by atoms with Gasteiger partial charge in [-0.3, -0.25) is 4.79 Å². The summed E-state index contributed by atoms with van der Waals surface area (Å²) >= 11 is 6.79. The van der Waals surface area contributed by atoms with Crippen molar-refractivity contribution in [2.45, 2.75) is 11.8 Å². The van der Waals surface area contributed by atoms with E-state index >= 15 is 0 Å². The molecule has 0 saturated carbocycles. The highest BCUT2D eigenvalue weighted by Gasteiger charge is 2.03. The third-order valence-corrected chi connectivity index (χ3v) is 4.10. The van der Waals surface area contributed by atoms with E-state index in [4.69, 9.17) is 4.74 Å². The van der Waals surface area contributed by atoms with Crippen LogP contribution in [0.25, 0.3) is 0 Å². The van der Waals surface area contributed by atoms with Crippen molar-refractivity contribution in [1.29, 1.82) is 0 Å². The van der Waals surface area contributed by atoms with Crippen LogP contribution in [0.3, 0.4) is 0 Å². The second-order valence-electron chi connectivity index (χ2n) is 3.14. The first-order valence-electron chi connectivity index (χ1n) is 4.57. The summed E-state index contributed by atoms with van der Waals surface area (Å²) in [6, 6.07) is 7.17. The maximum atomic E-state index is 11.0. The lowest BCUT2D eigenvalue weighted by molar-refractivity contribution is 0.101. The lowest BCUT2D eigenvalue weighted by atomic mass is 10.1. The molecular weight excluding hydrogens is 324 g/mol. The van der Waals surface area contributed by atoms with E-state index in [0.29, 0.717) is 17.0 Å². The van der Waals surface area contributed by atoms with Gasteiger partial charge in [0.2, 0.25) is 0 Å². The zero-order valence-electron chi connectivity index (χ0n) is 8.37. The Hall–Kier alpha value is -0.350. The van der Waals surface area contributed by atoms with Crippen molar-refractivity contribution in [2.75, 3.05) is 11.9 Å². The topological polar surface area (TPSA) is 26.3 Å². The molecule has 2 nitrogen and oxygen atoms in total. The van der Waals surface area contributed by atoms with Gasteiger partial charge in [-0.15, -0.1) is 0 Å². The third kappa shape index (κ3) is 4.34. The predicted octanol–water partition coefficient (Wildman–Crippen LogP) is 3.43. The van der Waals surface area contributed by atoms with Crippen LogP contribution >= 0.6 is 31.9 Å². The maximum Gasteiger partial charge on any atom is 0.159 e. The SMILES string of the molecule is CC(=O)c1ccc(OCC(Br)CBr)cc1. The van der Waals surface area contributed by atoms with E-state index < -0.39 is 0 Å². The van der Waals surface area contributed by atoms with Crippen LogP contribution in [0, 0.1) is 0 Å². The minimum absolute atomic E-state index is 0.0698. The molecule has 0 radical (unpaired) electrons. The molecule has 15 heavy (non-hydrogen) atoms. The second kappa shape index (κ2) is 6.28. The summed E-state index contributed by atoms with van der Waals surface area (Å²) in [5.74, 6) is 0.853. The molecule has 0 aliphatic carbocycles. The Morgan fingerprint density at radius 3 is 2.47 bits per heavy atom. The van der Waals surface area contributed by atoms with E-state index in [0.717, 1.165) is 11.1 Å². The van der Waals surface area contributed by atoms with Gasteiger partial charge in [-0.05, 0) is 31.2 Å². The lowest BCUT2D eigenvalue weighted by Crippen LogP contribution is -2.12. The van der Waals surface area contributed by atoms with E-state index in [1.165, 1.54) is 0 Å². The summed E-state index contributed by atoms with van der Waals surface area (Å²) in [5.41, 5.74) is 0.707. The summed E-state index contributed by atoms with van der Waals surface area (Å²) in [6.07, 6.45) is 0. The predicted molar refractivity (Wildman–Crippen MR) is 68.5 cm³/mol. The largest absolute Gasteiger partial charge is 0.492 e. The number of carbonyl (C=O) groups excluding carboxylic acids is 1. The molecule has 0 heterocycles. The fourth-order valence-electron chi connectivity index (χ4n) is 1.02. The van der Waals surface area contributed by atoms with Crippen LogP contribution in [0.5, 0.6) is 5.75 Å². The standard InChI is InChI=1S/C11H12Br2O2/c1-8(14)9-2-4-11(5-3-9)15-7-10(13)6-12/h2-5,10H,6-7H2,1H3. The number of hydrogen-bond acceptors (Lipinski definition) is 2. The van der Waals surface area contributed by atoms with Gasteiger partial charge >= 0.3 is 0 Å². The van der Waals surface area contributed by atoms with Crippen molar-refractivity contribution in [1.82, 2.24) is 0 Å². The van der Waals surface area contributed by atoms with Crippen LogP contribution in [0.15, 0.2) is 24.3 Å². The summed E-state index contributed by atoms with van der Waals surface area (Å²) in [7, 11) is 0. The summed E-state index contributed by atoms with van der Waals surface area (Å²) in [4.78, 5) is 11.3. The molecule has 0 aliphatic heterocycles. The van der Waals surface area contributed by atoms with Crippen LogP contribution in [0.1, 0.15) is 17.3 Å². The van der Waals surface area contributed by atoms with Crippen molar-refractivity contribution < 1.29 is 9.53 Å². The molecule has 1 rings (SSSR count). The molecule has 0 bridgehead atoms. The van der Waals surface area contributed by atoms with Crippen molar-refractivity contribution in [3.8, 4) is 5.75 Å². The van der Waals surface area contributed by atoms with Crippen LogP contribution in [0.4, 0.5) is 0 Å². The highest BCUT2D eigenvalue weighted by Crippen LogP contribution is 2.14. The Morgan fingerprint density at radius 1 is 1.40 bits per heavy atom. The zero-order chi connectivity index (χ0) is 11.3. The van der Waals surface area contributed by atoms with Crippen molar-refractivity contribution >= 4 is 37.6 Å². The van der Waals surface area contributed by atoms with Gasteiger partial charge < -0.3 is 4.74 Å². The molecule has 0 spiro atoms. The fourth-order valence-corrected chi connectivity index (χ4v) is 1.34. The van der Waals surface area contributed by atoms with Gasteiger partial charge in [-0.2, -0.15) is 0 Å². The van der Waals surface area contributed by atoms with Crippen molar-refractivity contribution in [3.05, 3.63) is 29.8 Å². The maximum absolute atomic E-state index is 11.0. The van der Waals surface area contributed by atoms with Gasteiger partial charge in [0.1, 0.15) is 12.4 Å². The Labute approximate surface area is 106 Å². The number of hydrogen-bond donors (Lipinski definition) is 0. The van der Waals surface area contributed by atoms with E-state index in [1.807, 2.05) is 12.1 Å². The molecule has 1 unspecified atom stereocenters. The van der Waals surface area contributed by atoms with E-state index in [2.05, 4.69) is 31.9 Å². The summed E-state index contributed by atoms with van der Waals surface area (Å²) in [6.45, 7) is 2.15. The number of carbonyl (C=O) groups is 1. The molecule has 0 N–H and O–H groups in total. The molecule has 0 aromatic heterocycles. The number of ketones is 1. The van der Waals surface area contributed by atoms with Gasteiger partial charge in [0.15, 0.2) is 5.78 Å². The molecule has 0 fully saturated rings. The van der Waals surface area contributed by atoms with Crippen molar-refractivity contribution in [2.24, 2.45) is 0 Å². The summed E-state index contributed by atoms with van der Waals surface area (Å²) in [5, 5.41) is 0.846. The molecule has 1 aromatic carbocycles. The Balaban J connectivity index is 2.53. The average Bonchev–Trinajstić information content (AvgIpc) is 2.26. The fraction of sp³-hybridized carbons (Fsp3) is 0.364. The Morgan fingerprint density at radius 2 is 2.00 bits per heavy atom. The molecule has 1 aromatic rings. The average molecular weight is 336 g/mol. The van der Waals surface area contributed by atoms with Gasteiger partial charge in [-0.25, -0.2) is 0 Å². The molecule has 0 amide bonds. The molecule has 0 aliphatic rings. The highest BCUT2D eigenvalue weighted by atomic mass is 79.9. The minimum atomic E-state index is 0.0698. The molecule has 0 saturated heterocycles. The monoisotopic (exact) mass is 334 g/mol. The van der Waals surface area contributed by atoms with E-state index in [9.17, 15) is 4.79 Å². The summed E-state index contributed by atoms with van der Waals surface area (Å²) < 4.78 is 5.51. The van der Waals surface area contributed by atoms with E-state index in [-0.39, 0.29) is 5.78 Å². The Kier molecular flexibility index (Phi) is 5.32. The third-order valence-electron chi connectivity index (χ3n) is 1.86. The molecule has 82 valence electrons. The first kappa shape index (κ1) is 12.7. The number of ether oxygens (including phenoxy) is 1. The lowest BCUT2D eigenvalue weighted by Gasteiger charge is -2.09. The number of benzene rings is 1. The number of rotatable bonds is 5. The van der Waals surface area contributed by atoms with Crippen molar-refractivity contribution in [3.63, 3.8) is 0 Å². The first-order chi connectivity index (χ1) is 7.13. The smallest absolute Gasteiger partial charge is 0.159 e. The quantitative estimate of drug-likeness (QED) is 0.608. The Bertz CT molecular complexity index is 322. The van der Waals surface area contributed by atoms with E-state index in [1.54, 1.807) is 19.1 Å². The molecular formula is C11H12Br2O2. The number of halogens is 2. The molecule has 4 heteroatoms. The highest BCUT2D eigenvalue weighted by molar-refractivity contribution is 9.12. The zero-order valence-corrected chi connectivity index (χ0v) is 11.5. The normalized spacial score (nSPS) is 12.2. The minimum Gasteiger partial charge on any atom is -0.492 e. The number of Topliss-reactive ketones (excluding diaryl/α,β-unsaturated/α-hetero) is 1. The van der Waals surface area contributed by atoms with Crippen LogP contribution in [0.2, 0.25) is 0 Å². The van der Waals surface area contributed by atoms with Gasteiger partial charge in [0, 0.05) is 10.9 Å². The van der Waals surface area contributed by atoms with Crippen LogP contribution in [-0.2, 0) is 0 Å². The van der Waals surface area contributed by atoms with Gasteiger partial charge in [-0.1, -0.05) is 31.9 Å². The molecule has 1 atom stereocenters. The van der Waals surface area contributed by atoms with Gasteiger partial charge in [0.05, 0.1) is 4.83 Å². The number of alkyl halides is 2. The first-order valence-corrected chi connectivity index (χ1v) is 6.61. The van der Waals surface area contributed by atoms with Crippen LogP contribution < -0.4 is 4.74 Å². The second-order valence-corrected chi connectivity index (χ2v) is 5.09. The van der Waals surface area contributed by atoms with Crippen LogP contribution in [-0.4, -0.2) is 22.5 Å². The van der Waals surface area contributed by atoms with Gasteiger partial charge in [0.25, 0.3) is 0 Å².